The first-order chi connectivity index (χ1) is 14.1. The van der Waals surface area contributed by atoms with E-state index in [-0.39, 0.29) is 6.04 Å². The minimum absolute atomic E-state index is 0.306. The van der Waals surface area contributed by atoms with Crippen LogP contribution in [0.3, 0.4) is 0 Å². The predicted octanol–water partition coefficient (Wildman–Crippen LogP) is 4.13. The van der Waals surface area contributed by atoms with Gasteiger partial charge in [0.2, 0.25) is 0 Å². The van der Waals surface area contributed by atoms with E-state index < -0.39 is 12.0 Å². The molecule has 0 amide bonds. The number of aliphatic carboxylic acids is 1. The standard InChI is InChI=1S/C23H29NO5/c1-4-29-20-11-6-5-9-17(20)22(24-14-8-7-10-19(24)23(25)26)18-13-12-16(27-2)15-21(18)28-3/h5-6,9,11-13,15,19,22H,4,7-8,10,14H2,1-3H3,(H,25,26). The van der Waals surface area contributed by atoms with Crippen LogP contribution < -0.4 is 14.2 Å². The number of hydrogen-bond acceptors (Lipinski definition) is 5. The van der Waals surface area contributed by atoms with Crippen LogP contribution in [0.15, 0.2) is 42.5 Å². The van der Waals surface area contributed by atoms with Crippen LogP contribution in [0.5, 0.6) is 17.2 Å². The number of nitrogens with zero attached hydrogens (tertiary/aromatic N) is 1. The molecule has 3 rings (SSSR count). The number of para-hydroxylation sites is 1. The molecule has 1 heterocycles. The van der Waals surface area contributed by atoms with Gasteiger partial charge in [-0.05, 0) is 44.5 Å². The fraction of sp³-hybridized carbons (Fsp3) is 0.435. The monoisotopic (exact) mass is 399 g/mol. The first-order valence-electron chi connectivity index (χ1n) is 10.0. The van der Waals surface area contributed by atoms with Gasteiger partial charge in [0.25, 0.3) is 0 Å². The molecule has 2 atom stereocenters. The van der Waals surface area contributed by atoms with Crippen molar-refractivity contribution in [3.05, 3.63) is 53.6 Å². The zero-order valence-corrected chi connectivity index (χ0v) is 17.3. The number of benzene rings is 2. The van der Waals surface area contributed by atoms with Gasteiger partial charge in [0.15, 0.2) is 0 Å². The van der Waals surface area contributed by atoms with Crippen molar-refractivity contribution in [2.75, 3.05) is 27.4 Å². The summed E-state index contributed by atoms with van der Waals surface area (Å²) < 4.78 is 16.9. The minimum atomic E-state index is -0.795. The van der Waals surface area contributed by atoms with Gasteiger partial charge < -0.3 is 19.3 Å². The van der Waals surface area contributed by atoms with E-state index in [4.69, 9.17) is 14.2 Å². The van der Waals surface area contributed by atoms with Crippen LogP contribution >= 0.6 is 0 Å². The molecule has 1 fully saturated rings. The third-order valence-corrected chi connectivity index (χ3v) is 5.41. The van der Waals surface area contributed by atoms with Gasteiger partial charge in [0.05, 0.1) is 26.9 Å². The van der Waals surface area contributed by atoms with Gasteiger partial charge in [0.1, 0.15) is 23.3 Å². The number of carboxylic acids is 1. The van der Waals surface area contributed by atoms with E-state index in [1.54, 1.807) is 14.2 Å². The Balaban J connectivity index is 2.19. The van der Waals surface area contributed by atoms with E-state index in [1.807, 2.05) is 49.4 Å². The summed E-state index contributed by atoms with van der Waals surface area (Å²) in [5, 5.41) is 9.91. The van der Waals surface area contributed by atoms with Gasteiger partial charge in [-0.1, -0.05) is 24.6 Å². The Labute approximate surface area is 172 Å². The Kier molecular flexibility index (Phi) is 6.99. The van der Waals surface area contributed by atoms with Crippen LogP contribution in [0, 0.1) is 0 Å². The van der Waals surface area contributed by atoms with Crippen LogP contribution in [0.2, 0.25) is 0 Å². The van der Waals surface area contributed by atoms with Gasteiger partial charge in [-0.25, -0.2) is 0 Å². The molecule has 2 aromatic carbocycles. The number of rotatable bonds is 8. The fourth-order valence-corrected chi connectivity index (χ4v) is 4.09. The maximum Gasteiger partial charge on any atom is 0.320 e. The molecule has 1 aliphatic heterocycles. The highest BCUT2D eigenvalue weighted by Crippen LogP contribution is 2.42. The van der Waals surface area contributed by atoms with Crippen molar-refractivity contribution in [1.82, 2.24) is 4.90 Å². The van der Waals surface area contributed by atoms with Crippen LogP contribution in [0.4, 0.5) is 0 Å². The average molecular weight is 399 g/mol. The topological polar surface area (TPSA) is 68.2 Å². The van der Waals surface area contributed by atoms with E-state index in [1.165, 1.54) is 0 Å². The van der Waals surface area contributed by atoms with Crippen molar-refractivity contribution in [1.29, 1.82) is 0 Å². The smallest absolute Gasteiger partial charge is 0.320 e. The largest absolute Gasteiger partial charge is 0.497 e. The zero-order chi connectivity index (χ0) is 20.8. The van der Waals surface area contributed by atoms with Crippen LogP contribution in [-0.4, -0.2) is 49.4 Å². The molecule has 0 saturated carbocycles. The molecule has 6 heteroatoms. The fourth-order valence-electron chi connectivity index (χ4n) is 4.09. The summed E-state index contributed by atoms with van der Waals surface area (Å²) in [5.74, 6) is 1.31. The highest BCUT2D eigenvalue weighted by molar-refractivity contribution is 5.74. The third-order valence-electron chi connectivity index (χ3n) is 5.41. The van der Waals surface area contributed by atoms with E-state index in [0.29, 0.717) is 31.1 Å². The highest BCUT2D eigenvalue weighted by Gasteiger charge is 2.37. The Hall–Kier alpha value is -2.73. The number of piperidine rings is 1. The van der Waals surface area contributed by atoms with Crippen molar-refractivity contribution in [2.45, 2.75) is 38.3 Å². The molecule has 1 N–H and O–H groups in total. The Morgan fingerprint density at radius 3 is 2.55 bits per heavy atom. The van der Waals surface area contributed by atoms with Gasteiger partial charge in [-0.15, -0.1) is 0 Å². The lowest BCUT2D eigenvalue weighted by Gasteiger charge is -2.40. The Morgan fingerprint density at radius 1 is 1.10 bits per heavy atom. The number of hydrogen-bond donors (Lipinski definition) is 1. The zero-order valence-electron chi connectivity index (χ0n) is 17.3. The molecule has 0 aliphatic carbocycles. The summed E-state index contributed by atoms with van der Waals surface area (Å²) in [4.78, 5) is 14.1. The van der Waals surface area contributed by atoms with Crippen LogP contribution in [0.1, 0.15) is 43.4 Å². The first kappa shape index (κ1) is 21.0. The maximum atomic E-state index is 12.1. The number of ether oxygens (including phenoxy) is 3. The summed E-state index contributed by atoms with van der Waals surface area (Å²) in [6.07, 6.45) is 2.49. The van der Waals surface area contributed by atoms with Crippen LogP contribution in [-0.2, 0) is 4.79 Å². The van der Waals surface area contributed by atoms with Crippen molar-refractivity contribution in [3.8, 4) is 17.2 Å². The summed E-state index contributed by atoms with van der Waals surface area (Å²) in [7, 11) is 3.23. The van der Waals surface area contributed by atoms with E-state index in [9.17, 15) is 9.90 Å². The molecule has 1 saturated heterocycles. The predicted molar refractivity (Wildman–Crippen MR) is 111 cm³/mol. The molecular formula is C23H29NO5. The van der Waals surface area contributed by atoms with Crippen molar-refractivity contribution >= 4 is 5.97 Å². The van der Waals surface area contributed by atoms with E-state index in [0.717, 1.165) is 29.7 Å². The molecule has 2 aromatic rings. The van der Waals surface area contributed by atoms with Crippen molar-refractivity contribution < 1.29 is 24.1 Å². The highest BCUT2D eigenvalue weighted by atomic mass is 16.5. The molecule has 0 aromatic heterocycles. The lowest BCUT2D eigenvalue weighted by Crippen LogP contribution is -2.47. The third kappa shape index (κ3) is 4.48. The van der Waals surface area contributed by atoms with Crippen molar-refractivity contribution in [3.63, 3.8) is 0 Å². The number of likely N-dealkylation sites (tertiary alicyclic amines) is 1. The van der Waals surface area contributed by atoms with Gasteiger partial charge in [-0.2, -0.15) is 0 Å². The Bertz CT molecular complexity index is 838. The molecule has 156 valence electrons. The Morgan fingerprint density at radius 2 is 1.86 bits per heavy atom. The van der Waals surface area contributed by atoms with Crippen LogP contribution in [0.25, 0.3) is 0 Å². The summed E-state index contributed by atoms with van der Waals surface area (Å²) >= 11 is 0. The summed E-state index contributed by atoms with van der Waals surface area (Å²) in [5.41, 5.74) is 1.83. The van der Waals surface area contributed by atoms with Gasteiger partial charge in [0, 0.05) is 17.2 Å². The summed E-state index contributed by atoms with van der Waals surface area (Å²) in [6.45, 7) is 3.17. The molecule has 29 heavy (non-hydrogen) atoms. The number of methoxy groups -OCH3 is 2. The summed E-state index contributed by atoms with van der Waals surface area (Å²) in [6, 6.07) is 12.6. The second kappa shape index (κ2) is 9.65. The van der Waals surface area contributed by atoms with Gasteiger partial charge >= 0.3 is 5.97 Å². The quantitative estimate of drug-likeness (QED) is 0.720. The molecule has 0 spiro atoms. The molecule has 1 aliphatic rings. The number of carboxylic acid groups (broad SMARTS) is 1. The van der Waals surface area contributed by atoms with E-state index >= 15 is 0 Å². The van der Waals surface area contributed by atoms with Crippen molar-refractivity contribution in [2.24, 2.45) is 0 Å². The lowest BCUT2D eigenvalue weighted by atomic mass is 9.90. The molecule has 2 unspecified atom stereocenters. The molecular weight excluding hydrogens is 370 g/mol. The SMILES string of the molecule is CCOc1ccccc1C(c1ccc(OC)cc1OC)N1CCCCC1C(=O)O. The minimum Gasteiger partial charge on any atom is -0.497 e. The van der Waals surface area contributed by atoms with Gasteiger partial charge in [-0.3, -0.25) is 9.69 Å². The first-order valence-corrected chi connectivity index (χ1v) is 10.0. The number of carbonyl (C=O) groups is 1. The second-order valence-corrected chi connectivity index (χ2v) is 7.07. The second-order valence-electron chi connectivity index (χ2n) is 7.07. The molecule has 6 nitrogen and oxygen atoms in total. The molecule has 0 radical (unpaired) electrons. The average Bonchev–Trinajstić information content (AvgIpc) is 2.75. The normalized spacial score (nSPS) is 18.1. The van der Waals surface area contributed by atoms with E-state index in [2.05, 4.69) is 4.90 Å². The maximum absolute atomic E-state index is 12.1. The molecule has 0 bridgehead atoms. The lowest BCUT2D eigenvalue weighted by molar-refractivity contribution is -0.145.